The summed E-state index contributed by atoms with van der Waals surface area (Å²) in [6, 6.07) is 9.86. The minimum atomic E-state index is 0.648. The van der Waals surface area contributed by atoms with Crippen LogP contribution in [0.1, 0.15) is 31.4 Å². The Morgan fingerprint density at radius 1 is 1.00 bits per heavy atom. The summed E-state index contributed by atoms with van der Waals surface area (Å²) in [6.45, 7) is 4.18. The van der Waals surface area contributed by atoms with Gasteiger partial charge in [0.25, 0.3) is 0 Å². The molecular weight excluding hydrogens is 288 g/mol. The van der Waals surface area contributed by atoms with Crippen molar-refractivity contribution in [3.05, 3.63) is 36.0 Å². The lowest BCUT2D eigenvalue weighted by Gasteiger charge is -2.22. The molecule has 5 heteroatoms. The zero-order valence-corrected chi connectivity index (χ0v) is 13.9. The molecule has 1 aromatic carbocycles. The van der Waals surface area contributed by atoms with Gasteiger partial charge in [-0.2, -0.15) is 4.98 Å². The molecule has 0 bridgehead atoms. The SMILES string of the molecule is COc1ccc(Nc2nc(C)cc(N3CCCCCC3)n2)cc1. The molecule has 23 heavy (non-hydrogen) atoms. The van der Waals surface area contributed by atoms with E-state index in [1.165, 1.54) is 25.7 Å². The van der Waals surface area contributed by atoms with Gasteiger partial charge >= 0.3 is 0 Å². The minimum absolute atomic E-state index is 0.648. The van der Waals surface area contributed by atoms with E-state index >= 15 is 0 Å². The van der Waals surface area contributed by atoms with Crippen LogP contribution in [0.5, 0.6) is 5.75 Å². The van der Waals surface area contributed by atoms with E-state index in [9.17, 15) is 0 Å². The van der Waals surface area contributed by atoms with Gasteiger partial charge < -0.3 is 15.0 Å². The molecule has 0 amide bonds. The second kappa shape index (κ2) is 7.31. The van der Waals surface area contributed by atoms with E-state index in [1.807, 2.05) is 31.2 Å². The molecular formula is C18H24N4O. The second-order valence-corrected chi connectivity index (χ2v) is 5.95. The van der Waals surface area contributed by atoms with E-state index in [1.54, 1.807) is 7.11 Å². The zero-order valence-electron chi connectivity index (χ0n) is 13.9. The third-order valence-corrected chi connectivity index (χ3v) is 4.12. The lowest BCUT2D eigenvalue weighted by atomic mass is 10.2. The van der Waals surface area contributed by atoms with Crippen molar-refractivity contribution in [2.24, 2.45) is 0 Å². The van der Waals surface area contributed by atoms with E-state index in [-0.39, 0.29) is 0 Å². The zero-order chi connectivity index (χ0) is 16.1. The highest BCUT2D eigenvalue weighted by molar-refractivity contribution is 5.56. The number of nitrogens with zero attached hydrogens (tertiary/aromatic N) is 3. The molecule has 0 aliphatic carbocycles. The summed E-state index contributed by atoms with van der Waals surface area (Å²) in [5.74, 6) is 2.51. The molecule has 1 fully saturated rings. The normalized spacial score (nSPS) is 15.1. The van der Waals surface area contributed by atoms with Crippen molar-refractivity contribution in [3.8, 4) is 5.75 Å². The lowest BCUT2D eigenvalue weighted by Crippen LogP contribution is -2.25. The molecule has 0 saturated carbocycles. The number of benzene rings is 1. The van der Waals surface area contributed by atoms with Crippen LogP contribution in [0.15, 0.2) is 30.3 Å². The largest absolute Gasteiger partial charge is 0.497 e. The predicted octanol–water partition coefficient (Wildman–Crippen LogP) is 3.92. The molecule has 3 rings (SSSR count). The molecule has 1 aromatic heterocycles. The molecule has 5 nitrogen and oxygen atoms in total. The number of ether oxygens (including phenoxy) is 1. The Balaban J connectivity index is 1.78. The van der Waals surface area contributed by atoms with E-state index in [0.717, 1.165) is 36.0 Å². The van der Waals surface area contributed by atoms with Gasteiger partial charge in [0.15, 0.2) is 0 Å². The van der Waals surface area contributed by atoms with Crippen molar-refractivity contribution in [2.75, 3.05) is 30.4 Å². The van der Waals surface area contributed by atoms with Crippen molar-refractivity contribution in [2.45, 2.75) is 32.6 Å². The van der Waals surface area contributed by atoms with Crippen LogP contribution < -0.4 is 15.0 Å². The molecule has 1 aliphatic heterocycles. The van der Waals surface area contributed by atoms with Gasteiger partial charge in [0.2, 0.25) is 5.95 Å². The van der Waals surface area contributed by atoms with Crippen LogP contribution in [0.25, 0.3) is 0 Å². The number of aromatic nitrogens is 2. The first kappa shape index (κ1) is 15.6. The first-order valence-electron chi connectivity index (χ1n) is 8.26. The topological polar surface area (TPSA) is 50.3 Å². The lowest BCUT2D eigenvalue weighted by molar-refractivity contribution is 0.415. The third-order valence-electron chi connectivity index (χ3n) is 4.12. The maximum Gasteiger partial charge on any atom is 0.229 e. The quantitative estimate of drug-likeness (QED) is 0.927. The van der Waals surface area contributed by atoms with Gasteiger partial charge in [0.1, 0.15) is 11.6 Å². The predicted molar refractivity (Wildman–Crippen MR) is 93.7 cm³/mol. The Bertz CT molecular complexity index is 634. The van der Waals surface area contributed by atoms with Gasteiger partial charge in [-0.15, -0.1) is 0 Å². The first-order chi connectivity index (χ1) is 11.2. The van der Waals surface area contributed by atoms with Crippen LogP contribution in [0.3, 0.4) is 0 Å². The van der Waals surface area contributed by atoms with Crippen LogP contribution in [-0.4, -0.2) is 30.2 Å². The number of methoxy groups -OCH3 is 1. The van der Waals surface area contributed by atoms with Crippen LogP contribution >= 0.6 is 0 Å². The Labute approximate surface area is 137 Å². The van der Waals surface area contributed by atoms with Gasteiger partial charge in [-0.05, 0) is 44.0 Å². The molecule has 0 radical (unpaired) electrons. The van der Waals surface area contributed by atoms with Crippen LogP contribution in [0.2, 0.25) is 0 Å². The number of hydrogen-bond acceptors (Lipinski definition) is 5. The molecule has 0 atom stereocenters. The summed E-state index contributed by atoms with van der Waals surface area (Å²) in [5, 5.41) is 3.29. The van der Waals surface area contributed by atoms with E-state index < -0.39 is 0 Å². The number of rotatable bonds is 4. The van der Waals surface area contributed by atoms with Crippen molar-refractivity contribution < 1.29 is 4.74 Å². The highest BCUT2D eigenvalue weighted by atomic mass is 16.5. The molecule has 0 unspecified atom stereocenters. The van der Waals surface area contributed by atoms with Crippen molar-refractivity contribution in [1.82, 2.24) is 9.97 Å². The Morgan fingerprint density at radius 2 is 1.70 bits per heavy atom. The summed E-state index contributed by atoms with van der Waals surface area (Å²) < 4.78 is 5.18. The van der Waals surface area contributed by atoms with E-state index in [0.29, 0.717) is 5.95 Å². The minimum Gasteiger partial charge on any atom is -0.497 e. The summed E-state index contributed by atoms with van der Waals surface area (Å²) in [5.41, 5.74) is 1.94. The maximum atomic E-state index is 5.18. The molecule has 1 aliphatic rings. The van der Waals surface area contributed by atoms with E-state index in [4.69, 9.17) is 9.72 Å². The van der Waals surface area contributed by atoms with Gasteiger partial charge in [0, 0.05) is 30.5 Å². The molecule has 2 aromatic rings. The monoisotopic (exact) mass is 312 g/mol. The molecule has 1 N–H and O–H groups in total. The maximum absolute atomic E-state index is 5.18. The molecule has 122 valence electrons. The Morgan fingerprint density at radius 3 is 2.35 bits per heavy atom. The van der Waals surface area contributed by atoms with Crippen molar-refractivity contribution in [1.29, 1.82) is 0 Å². The number of hydrogen-bond donors (Lipinski definition) is 1. The Hall–Kier alpha value is -2.30. The summed E-state index contributed by atoms with van der Waals surface area (Å²) in [4.78, 5) is 11.6. The molecule has 0 spiro atoms. The van der Waals surface area contributed by atoms with Crippen LogP contribution in [-0.2, 0) is 0 Å². The summed E-state index contributed by atoms with van der Waals surface area (Å²) >= 11 is 0. The van der Waals surface area contributed by atoms with Crippen molar-refractivity contribution >= 4 is 17.5 Å². The van der Waals surface area contributed by atoms with Gasteiger partial charge in [-0.25, -0.2) is 4.98 Å². The third kappa shape index (κ3) is 4.12. The van der Waals surface area contributed by atoms with E-state index in [2.05, 4.69) is 21.3 Å². The fourth-order valence-corrected chi connectivity index (χ4v) is 2.87. The summed E-state index contributed by atoms with van der Waals surface area (Å²) in [6.07, 6.45) is 5.11. The molecule has 2 heterocycles. The average Bonchev–Trinajstić information content (AvgIpc) is 2.84. The number of aryl methyl sites for hydroxylation is 1. The smallest absolute Gasteiger partial charge is 0.229 e. The van der Waals surface area contributed by atoms with Crippen LogP contribution in [0, 0.1) is 6.92 Å². The Kier molecular flexibility index (Phi) is 4.95. The van der Waals surface area contributed by atoms with Crippen LogP contribution in [0.4, 0.5) is 17.5 Å². The highest BCUT2D eigenvalue weighted by Crippen LogP contribution is 2.22. The first-order valence-corrected chi connectivity index (χ1v) is 8.26. The van der Waals surface area contributed by atoms with Crippen molar-refractivity contribution in [3.63, 3.8) is 0 Å². The number of anilines is 3. The highest BCUT2D eigenvalue weighted by Gasteiger charge is 2.13. The fraction of sp³-hybridized carbons (Fsp3) is 0.444. The van der Waals surface area contributed by atoms with Gasteiger partial charge in [0.05, 0.1) is 7.11 Å². The molecule has 1 saturated heterocycles. The fourth-order valence-electron chi connectivity index (χ4n) is 2.87. The second-order valence-electron chi connectivity index (χ2n) is 5.95. The average molecular weight is 312 g/mol. The van der Waals surface area contributed by atoms with Gasteiger partial charge in [-0.1, -0.05) is 12.8 Å². The summed E-state index contributed by atoms with van der Waals surface area (Å²) in [7, 11) is 1.67. The number of nitrogens with one attached hydrogen (secondary N) is 1. The van der Waals surface area contributed by atoms with Gasteiger partial charge in [-0.3, -0.25) is 0 Å². The standard InChI is InChI=1S/C18H24N4O/c1-14-13-17(22-11-5-3-4-6-12-22)21-18(19-14)20-15-7-9-16(23-2)10-8-15/h7-10,13H,3-6,11-12H2,1-2H3,(H,19,20,21).